The van der Waals surface area contributed by atoms with Gasteiger partial charge >= 0.3 is 0 Å². The molecule has 4 atom stereocenters. The number of rotatable bonds is 7. The summed E-state index contributed by atoms with van der Waals surface area (Å²) in [6, 6.07) is 9.34. The van der Waals surface area contributed by atoms with Crippen LogP contribution in [-0.4, -0.2) is 46.4 Å². The summed E-state index contributed by atoms with van der Waals surface area (Å²) in [6.45, 7) is 4.42. The number of nitrogens with zero attached hydrogens (tertiary/aromatic N) is 1. The van der Waals surface area contributed by atoms with Gasteiger partial charge in [0, 0.05) is 18.8 Å². The number of benzene rings is 2. The van der Waals surface area contributed by atoms with E-state index in [9.17, 15) is 0 Å². The summed E-state index contributed by atoms with van der Waals surface area (Å²) in [7, 11) is 6.84. The van der Waals surface area contributed by atoms with Crippen LogP contribution in [0.25, 0.3) is 6.08 Å². The van der Waals surface area contributed by atoms with Crippen LogP contribution in [0.1, 0.15) is 60.5 Å². The molecule has 1 N–H and O–H groups in total. The third-order valence-electron chi connectivity index (χ3n) is 8.30. The van der Waals surface area contributed by atoms with Crippen molar-refractivity contribution < 1.29 is 18.9 Å². The molecule has 6 heteroatoms. The molecule has 3 aliphatic rings. The molecule has 0 aromatic heterocycles. The largest absolute Gasteiger partial charge is 0.493 e. The SMILES string of the molecule is CC[C@@H]1CN2C=Cc3cc(OC)c(OC)cc3[C@H]2C[C@H]1C[C@@H]1NCCc2cc(OC)c(OC)cc21. The first-order chi connectivity index (χ1) is 17.1. The van der Waals surface area contributed by atoms with Crippen molar-refractivity contribution in [3.05, 3.63) is 52.7 Å². The maximum absolute atomic E-state index is 5.65. The Kier molecular flexibility index (Phi) is 6.83. The number of ether oxygens (including phenoxy) is 4. The number of hydrogen-bond acceptors (Lipinski definition) is 6. The van der Waals surface area contributed by atoms with Gasteiger partial charge in [0.1, 0.15) is 0 Å². The fourth-order valence-electron chi connectivity index (χ4n) is 6.38. The van der Waals surface area contributed by atoms with Gasteiger partial charge in [-0.15, -0.1) is 0 Å². The lowest BCUT2D eigenvalue weighted by atomic mass is 9.73. The number of hydrogen-bond donors (Lipinski definition) is 1. The second-order valence-corrected chi connectivity index (χ2v) is 9.93. The van der Waals surface area contributed by atoms with Gasteiger partial charge in [-0.25, -0.2) is 0 Å². The molecule has 2 aromatic rings. The molecule has 6 nitrogen and oxygen atoms in total. The van der Waals surface area contributed by atoms with Gasteiger partial charge in [-0.3, -0.25) is 0 Å². The molecule has 5 rings (SSSR count). The molecular formula is C29H38N2O4. The summed E-state index contributed by atoms with van der Waals surface area (Å²) in [4.78, 5) is 2.54. The van der Waals surface area contributed by atoms with E-state index in [2.05, 4.69) is 53.7 Å². The zero-order chi connectivity index (χ0) is 24.5. The van der Waals surface area contributed by atoms with Crippen LogP contribution in [0.3, 0.4) is 0 Å². The Morgan fingerprint density at radius 1 is 0.857 bits per heavy atom. The summed E-state index contributed by atoms with van der Waals surface area (Å²) in [5, 5.41) is 3.82. The third kappa shape index (κ3) is 4.33. The molecule has 2 aromatic carbocycles. The van der Waals surface area contributed by atoms with E-state index in [0.29, 0.717) is 23.9 Å². The molecule has 1 saturated heterocycles. The fraction of sp³-hybridized carbons (Fsp3) is 0.517. The van der Waals surface area contributed by atoms with Crippen LogP contribution < -0.4 is 24.3 Å². The van der Waals surface area contributed by atoms with E-state index in [0.717, 1.165) is 55.4 Å². The Morgan fingerprint density at radius 3 is 2.20 bits per heavy atom. The zero-order valence-electron chi connectivity index (χ0n) is 21.6. The standard InChI is InChI=1S/C29H38N2O4/c1-6-18-17-31-10-8-20-14-27(33-3)29(35-5)16-23(20)25(31)12-21(18)11-24-22-15-28(34-4)26(32-2)13-19(22)7-9-30-24/h8,10,13-16,18,21,24-25,30H,6-7,9,11-12,17H2,1-5H3/t18-,21-,24+,25-/m1/s1. The van der Waals surface area contributed by atoms with Crippen molar-refractivity contribution >= 4 is 6.08 Å². The molecule has 0 spiro atoms. The first-order valence-electron chi connectivity index (χ1n) is 12.8. The van der Waals surface area contributed by atoms with Gasteiger partial charge in [0.05, 0.1) is 34.5 Å². The monoisotopic (exact) mass is 478 g/mol. The van der Waals surface area contributed by atoms with Gasteiger partial charge in [-0.05, 0) is 90.2 Å². The normalized spacial score (nSPS) is 24.8. The Bertz CT molecular complexity index is 1100. The average Bonchev–Trinajstić information content (AvgIpc) is 2.91. The number of nitrogens with one attached hydrogen (secondary N) is 1. The lowest BCUT2D eigenvalue weighted by molar-refractivity contribution is 0.0847. The van der Waals surface area contributed by atoms with Crippen LogP contribution >= 0.6 is 0 Å². The molecule has 0 radical (unpaired) electrons. The number of methoxy groups -OCH3 is 4. The van der Waals surface area contributed by atoms with Gasteiger partial charge in [0.15, 0.2) is 23.0 Å². The number of piperidine rings is 1. The first-order valence-corrected chi connectivity index (χ1v) is 12.8. The maximum atomic E-state index is 5.65. The molecule has 0 bridgehead atoms. The van der Waals surface area contributed by atoms with Crippen LogP contribution in [-0.2, 0) is 6.42 Å². The molecule has 3 aliphatic heterocycles. The predicted octanol–water partition coefficient (Wildman–Crippen LogP) is 5.37. The van der Waals surface area contributed by atoms with Crippen molar-refractivity contribution in [1.82, 2.24) is 10.2 Å². The van der Waals surface area contributed by atoms with E-state index < -0.39 is 0 Å². The van der Waals surface area contributed by atoms with Gasteiger partial charge < -0.3 is 29.2 Å². The maximum Gasteiger partial charge on any atom is 0.161 e. The number of fused-ring (bicyclic) bond motifs is 4. The first kappa shape index (κ1) is 23.9. The van der Waals surface area contributed by atoms with E-state index in [-0.39, 0.29) is 0 Å². The molecule has 35 heavy (non-hydrogen) atoms. The molecule has 3 heterocycles. The highest BCUT2D eigenvalue weighted by atomic mass is 16.5. The fourth-order valence-corrected chi connectivity index (χ4v) is 6.38. The summed E-state index contributed by atoms with van der Waals surface area (Å²) in [6.07, 6.45) is 8.96. The van der Waals surface area contributed by atoms with Crippen molar-refractivity contribution in [1.29, 1.82) is 0 Å². The molecule has 1 fully saturated rings. The average molecular weight is 479 g/mol. The summed E-state index contributed by atoms with van der Waals surface area (Å²) in [5.74, 6) is 4.50. The quantitative estimate of drug-likeness (QED) is 0.577. The van der Waals surface area contributed by atoms with Crippen molar-refractivity contribution in [2.45, 2.75) is 44.7 Å². The van der Waals surface area contributed by atoms with Crippen molar-refractivity contribution in [2.24, 2.45) is 11.8 Å². The molecular weight excluding hydrogens is 440 g/mol. The van der Waals surface area contributed by atoms with Crippen molar-refractivity contribution in [3.8, 4) is 23.0 Å². The summed E-state index contributed by atoms with van der Waals surface area (Å²) in [5.41, 5.74) is 5.31. The second kappa shape index (κ2) is 10.0. The summed E-state index contributed by atoms with van der Waals surface area (Å²) < 4.78 is 22.4. The van der Waals surface area contributed by atoms with Crippen molar-refractivity contribution in [2.75, 3.05) is 41.5 Å². The van der Waals surface area contributed by atoms with E-state index in [1.54, 1.807) is 28.4 Å². The van der Waals surface area contributed by atoms with Crippen molar-refractivity contribution in [3.63, 3.8) is 0 Å². The molecule has 0 aliphatic carbocycles. The third-order valence-corrected chi connectivity index (χ3v) is 8.30. The van der Waals surface area contributed by atoms with E-state index in [1.807, 2.05) is 0 Å². The highest BCUT2D eigenvalue weighted by molar-refractivity contribution is 5.63. The van der Waals surface area contributed by atoms with Gasteiger partial charge in [-0.2, -0.15) is 0 Å². The van der Waals surface area contributed by atoms with Crippen LogP contribution in [0.2, 0.25) is 0 Å². The Hall–Kier alpha value is -2.86. The molecule has 0 unspecified atom stereocenters. The molecule has 0 saturated carbocycles. The lowest BCUT2D eigenvalue weighted by Crippen LogP contribution is -2.42. The Balaban J connectivity index is 1.44. The van der Waals surface area contributed by atoms with E-state index in [1.165, 1.54) is 28.7 Å². The highest BCUT2D eigenvalue weighted by Crippen LogP contribution is 2.48. The van der Waals surface area contributed by atoms with Gasteiger partial charge in [-0.1, -0.05) is 13.3 Å². The zero-order valence-corrected chi connectivity index (χ0v) is 21.6. The minimum Gasteiger partial charge on any atom is -0.493 e. The molecule has 188 valence electrons. The van der Waals surface area contributed by atoms with E-state index >= 15 is 0 Å². The predicted molar refractivity (Wildman–Crippen MR) is 139 cm³/mol. The minimum absolute atomic E-state index is 0.327. The Morgan fingerprint density at radius 2 is 1.51 bits per heavy atom. The van der Waals surface area contributed by atoms with Gasteiger partial charge in [0.25, 0.3) is 0 Å². The lowest BCUT2D eigenvalue weighted by Gasteiger charge is -2.47. The van der Waals surface area contributed by atoms with Crippen LogP contribution in [0.5, 0.6) is 23.0 Å². The minimum atomic E-state index is 0.327. The molecule has 0 amide bonds. The van der Waals surface area contributed by atoms with Crippen LogP contribution in [0, 0.1) is 11.8 Å². The van der Waals surface area contributed by atoms with Crippen LogP contribution in [0.15, 0.2) is 30.5 Å². The topological polar surface area (TPSA) is 52.2 Å². The summed E-state index contributed by atoms with van der Waals surface area (Å²) >= 11 is 0. The smallest absolute Gasteiger partial charge is 0.161 e. The van der Waals surface area contributed by atoms with Gasteiger partial charge in [0.2, 0.25) is 0 Å². The Labute approximate surface area is 209 Å². The highest BCUT2D eigenvalue weighted by Gasteiger charge is 2.38. The van der Waals surface area contributed by atoms with E-state index in [4.69, 9.17) is 18.9 Å². The second-order valence-electron chi connectivity index (χ2n) is 9.93. The van der Waals surface area contributed by atoms with Crippen LogP contribution in [0.4, 0.5) is 0 Å².